The van der Waals surface area contributed by atoms with E-state index in [9.17, 15) is 23.2 Å². The molecule has 3 rings (SSSR count). The lowest BCUT2D eigenvalue weighted by molar-refractivity contribution is -0.143. The zero-order valence-corrected chi connectivity index (χ0v) is 15.8. The first kappa shape index (κ1) is 20.2. The molecule has 1 saturated carbocycles. The second-order valence-corrected chi connectivity index (χ2v) is 7.58. The summed E-state index contributed by atoms with van der Waals surface area (Å²) in [6.07, 6.45) is 4.21. The summed E-state index contributed by atoms with van der Waals surface area (Å²) in [6, 6.07) is 2.98. The fourth-order valence-corrected chi connectivity index (χ4v) is 4.10. The Kier molecular flexibility index (Phi) is 5.96. The molecular formula is C20H24F2N2O4. The summed E-state index contributed by atoms with van der Waals surface area (Å²) < 4.78 is 31.9. The van der Waals surface area contributed by atoms with Crippen LogP contribution in [-0.2, 0) is 19.1 Å². The normalized spacial score (nSPS) is 21.5. The van der Waals surface area contributed by atoms with E-state index in [0.29, 0.717) is 18.9 Å². The number of hydrogen-bond donors (Lipinski definition) is 1. The van der Waals surface area contributed by atoms with Gasteiger partial charge in [0.05, 0.1) is 30.7 Å². The van der Waals surface area contributed by atoms with Crippen LogP contribution >= 0.6 is 0 Å². The predicted molar refractivity (Wildman–Crippen MR) is 97.4 cm³/mol. The second-order valence-electron chi connectivity index (χ2n) is 7.58. The molecule has 1 atom stereocenters. The van der Waals surface area contributed by atoms with Gasteiger partial charge in [-0.25, -0.2) is 8.78 Å². The van der Waals surface area contributed by atoms with Gasteiger partial charge < -0.3 is 15.0 Å². The SMILES string of the molecule is COC(=O)CC1(NC(=O)C2CC(=O)N(c3ccc(F)cc3F)C2)CCCCC1. The fourth-order valence-electron chi connectivity index (χ4n) is 4.10. The third-order valence-corrected chi connectivity index (χ3v) is 5.61. The van der Waals surface area contributed by atoms with Crippen molar-refractivity contribution < 1.29 is 27.9 Å². The highest BCUT2D eigenvalue weighted by Crippen LogP contribution is 2.33. The van der Waals surface area contributed by atoms with Gasteiger partial charge in [0.25, 0.3) is 0 Å². The molecule has 6 nitrogen and oxygen atoms in total. The van der Waals surface area contributed by atoms with Crippen LogP contribution in [0.3, 0.4) is 0 Å². The molecule has 1 N–H and O–H groups in total. The zero-order valence-electron chi connectivity index (χ0n) is 15.8. The van der Waals surface area contributed by atoms with Gasteiger partial charge in [-0.05, 0) is 25.0 Å². The second kappa shape index (κ2) is 8.24. The van der Waals surface area contributed by atoms with Crippen LogP contribution in [0.5, 0.6) is 0 Å². The molecular weight excluding hydrogens is 370 g/mol. The number of carbonyl (C=O) groups is 3. The van der Waals surface area contributed by atoms with Gasteiger partial charge in [-0.3, -0.25) is 14.4 Å². The lowest BCUT2D eigenvalue weighted by atomic mass is 9.79. The quantitative estimate of drug-likeness (QED) is 0.780. The van der Waals surface area contributed by atoms with Gasteiger partial charge in [-0.1, -0.05) is 19.3 Å². The largest absolute Gasteiger partial charge is 0.469 e. The van der Waals surface area contributed by atoms with Crippen LogP contribution in [-0.4, -0.2) is 37.0 Å². The number of hydrogen-bond acceptors (Lipinski definition) is 4. The van der Waals surface area contributed by atoms with E-state index in [2.05, 4.69) is 5.32 Å². The fraction of sp³-hybridized carbons (Fsp3) is 0.550. The lowest BCUT2D eigenvalue weighted by Crippen LogP contribution is -2.53. The van der Waals surface area contributed by atoms with Gasteiger partial charge in [-0.15, -0.1) is 0 Å². The van der Waals surface area contributed by atoms with Crippen molar-refractivity contribution in [2.24, 2.45) is 5.92 Å². The van der Waals surface area contributed by atoms with Gasteiger partial charge in [0.15, 0.2) is 0 Å². The van der Waals surface area contributed by atoms with Crippen molar-refractivity contribution in [2.75, 3.05) is 18.6 Å². The minimum absolute atomic E-state index is 0.0154. The molecule has 1 aromatic rings. The zero-order chi connectivity index (χ0) is 20.3. The number of amides is 2. The molecule has 2 amide bonds. The smallest absolute Gasteiger partial charge is 0.307 e. The monoisotopic (exact) mass is 394 g/mol. The molecule has 1 heterocycles. The number of rotatable bonds is 5. The molecule has 0 spiro atoms. The number of halogens is 2. The molecule has 28 heavy (non-hydrogen) atoms. The standard InChI is InChI=1S/C20H24F2N2O4/c1-28-18(26)11-20(7-3-2-4-8-20)23-19(27)13-9-17(25)24(12-13)16-6-5-14(21)10-15(16)22/h5-6,10,13H,2-4,7-9,11-12H2,1H3,(H,23,27). The van der Waals surface area contributed by atoms with Gasteiger partial charge in [-0.2, -0.15) is 0 Å². The van der Waals surface area contributed by atoms with Crippen molar-refractivity contribution in [3.8, 4) is 0 Å². The van der Waals surface area contributed by atoms with Crippen molar-refractivity contribution in [3.63, 3.8) is 0 Å². The van der Waals surface area contributed by atoms with Crippen LogP contribution in [0.15, 0.2) is 18.2 Å². The van der Waals surface area contributed by atoms with E-state index in [0.717, 1.165) is 25.3 Å². The van der Waals surface area contributed by atoms with Crippen molar-refractivity contribution in [3.05, 3.63) is 29.8 Å². The molecule has 1 saturated heterocycles. The van der Waals surface area contributed by atoms with Crippen LogP contribution in [0, 0.1) is 17.6 Å². The molecule has 1 unspecified atom stereocenters. The van der Waals surface area contributed by atoms with E-state index in [1.807, 2.05) is 0 Å². The number of ether oxygens (including phenoxy) is 1. The van der Waals surface area contributed by atoms with Gasteiger partial charge in [0.2, 0.25) is 11.8 Å². The van der Waals surface area contributed by atoms with Crippen LogP contribution in [0.4, 0.5) is 14.5 Å². The Morgan fingerprint density at radius 2 is 1.96 bits per heavy atom. The summed E-state index contributed by atoms with van der Waals surface area (Å²) >= 11 is 0. The first-order chi connectivity index (χ1) is 13.3. The van der Waals surface area contributed by atoms with Crippen molar-refractivity contribution in [1.29, 1.82) is 0 Å². The molecule has 0 radical (unpaired) electrons. The van der Waals surface area contributed by atoms with Crippen LogP contribution in [0.2, 0.25) is 0 Å². The third-order valence-electron chi connectivity index (χ3n) is 5.61. The topological polar surface area (TPSA) is 75.7 Å². The molecule has 2 fully saturated rings. The summed E-state index contributed by atoms with van der Waals surface area (Å²) in [5, 5.41) is 2.98. The maximum Gasteiger partial charge on any atom is 0.307 e. The maximum atomic E-state index is 14.0. The van der Waals surface area contributed by atoms with E-state index in [4.69, 9.17) is 4.74 Å². The Balaban J connectivity index is 1.71. The van der Waals surface area contributed by atoms with Crippen molar-refractivity contribution in [2.45, 2.75) is 50.5 Å². The van der Waals surface area contributed by atoms with Crippen LogP contribution in [0.1, 0.15) is 44.9 Å². The van der Waals surface area contributed by atoms with Crippen molar-refractivity contribution in [1.82, 2.24) is 5.32 Å². The summed E-state index contributed by atoms with van der Waals surface area (Å²) in [7, 11) is 1.31. The minimum Gasteiger partial charge on any atom is -0.469 e. The first-order valence-corrected chi connectivity index (χ1v) is 9.48. The van der Waals surface area contributed by atoms with Crippen molar-refractivity contribution >= 4 is 23.5 Å². The Morgan fingerprint density at radius 1 is 1.25 bits per heavy atom. The molecule has 152 valence electrons. The van der Waals surface area contributed by atoms with Gasteiger partial charge >= 0.3 is 5.97 Å². The number of carbonyl (C=O) groups excluding carboxylic acids is 3. The highest BCUT2D eigenvalue weighted by Gasteiger charge is 2.41. The molecule has 0 bridgehead atoms. The first-order valence-electron chi connectivity index (χ1n) is 9.48. The lowest BCUT2D eigenvalue weighted by Gasteiger charge is -2.38. The van der Waals surface area contributed by atoms with Crippen LogP contribution in [0.25, 0.3) is 0 Å². The number of methoxy groups -OCH3 is 1. The van der Waals surface area contributed by atoms with E-state index in [1.165, 1.54) is 18.1 Å². The Morgan fingerprint density at radius 3 is 2.61 bits per heavy atom. The number of nitrogens with zero attached hydrogens (tertiary/aromatic N) is 1. The number of esters is 1. The van der Waals surface area contributed by atoms with E-state index in [-0.39, 0.29) is 37.0 Å². The highest BCUT2D eigenvalue weighted by molar-refractivity contribution is 6.00. The Hall–Kier alpha value is -2.51. The maximum absolute atomic E-state index is 14.0. The summed E-state index contributed by atoms with van der Waals surface area (Å²) in [6.45, 7) is 0.0154. The molecule has 8 heteroatoms. The van der Waals surface area contributed by atoms with Crippen LogP contribution < -0.4 is 10.2 Å². The number of benzene rings is 1. The summed E-state index contributed by atoms with van der Waals surface area (Å²) in [5.74, 6) is -3.35. The molecule has 1 aliphatic heterocycles. The molecule has 1 aromatic carbocycles. The van der Waals surface area contributed by atoms with Gasteiger partial charge in [0.1, 0.15) is 11.6 Å². The Bertz CT molecular complexity index is 777. The minimum atomic E-state index is -0.844. The van der Waals surface area contributed by atoms with E-state index in [1.54, 1.807) is 0 Å². The average Bonchev–Trinajstić information content (AvgIpc) is 3.04. The Labute approximate surface area is 162 Å². The molecule has 1 aliphatic carbocycles. The average molecular weight is 394 g/mol. The number of nitrogens with one attached hydrogen (secondary N) is 1. The third kappa shape index (κ3) is 4.31. The van der Waals surface area contributed by atoms with E-state index >= 15 is 0 Å². The number of anilines is 1. The van der Waals surface area contributed by atoms with Gasteiger partial charge in [0, 0.05) is 19.0 Å². The van der Waals surface area contributed by atoms with E-state index < -0.39 is 29.0 Å². The molecule has 2 aliphatic rings. The summed E-state index contributed by atoms with van der Waals surface area (Å²) in [5.41, 5.74) is -0.705. The highest BCUT2D eigenvalue weighted by atomic mass is 19.1. The predicted octanol–water partition coefficient (Wildman–Crippen LogP) is 2.70. The molecule has 0 aromatic heterocycles. The summed E-state index contributed by atoms with van der Waals surface area (Å²) in [4.78, 5) is 38.2.